The quantitative estimate of drug-likeness (QED) is 0.839. The van der Waals surface area contributed by atoms with Gasteiger partial charge in [0.05, 0.1) is 10.7 Å². The van der Waals surface area contributed by atoms with Crippen LogP contribution in [0.25, 0.3) is 0 Å². The van der Waals surface area contributed by atoms with Crippen LogP contribution in [-0.2, 0) is 0 Å². The van der Waals surface area contributed by atoms with E-state index < -0.39 is 0 Å². The molecular weight excluding hydrogens is 271 g/mol. The first-order valence-electron chi connectivity index (χ1n) is 5.18. The first kappa shape index (κ1) is 12.8. The Morgan fingerprint density at radius 3 is 2.61 bits per heavy atom. The van der Waals surface area contributed by atoms with Crippen LogP contribution >= 0.6 is 23.8 Å². The summed E-state index contributed by atoms with van der Waals surface area (Å²) < 4.78 is 13.0. The SMILES string of the molecule is NC(=S)c1ccc(Nc2cccc(F)c2)c(Cl)c1. The van der Waals surface area contributed by atoms with Gasteiger partial charge < -0.3 is 11.1 Å². The number of hydrogen-bond donors (Lipinski definition) is 2. The normalized spacial score (nSPS) is 10.1. The highest BCUT2D eigenvalue weighted by atomic mass is 35.5. The Hall–Kier alpha value is -1.65. The van der Waals surface area contributed by atoms with Crippen LogP contribution < -0.4 is 11.1 Å². The number of thiocarbonyl (C=S) groups is 1. The Morgan fingerprint density at radius 2 is 2.00 bits per heavy atom. The molecule has 3 N–H and O–H groups in total. The highest BCUT2D eigenvalue weighted by Gasteiger charge is 2.04. The van der Waals surface area contributed by atoms with Crippen molar-refractivity contribution in [3.05, 3.63) is 58.9 Å². The van der Waals surface area contributed by atoms with Crippen molar-refractivity contribution in [3.63, 3.8) is 0 Å². The Morgan fingerprint density at radius 1 is 1.22 bits per heavy atom. The van der Waals surface area contributed by atoms with E-state index in [9.17, 15) is 4.39 Å². The first-order chi connectivity index (χ1) is 8.56. The van der Waals surface area contributed by atoms with Crippen LogP contribution in [0.1, 0.15) is 5.56 Å². The molecule has 0 atom stereocenters. The van der Waals surface area contributed by atoms with Gasteiger partial charge in [0.1, 0.15) is 10.8 Å². The molecule has 0 fully saturated rings. The molecule has 0 amide bonds. The number of rotatable bonds is 3. The molecule has 2 rings (SSSR count). The summed E-state index contributed by atoms with van der Waals surface area (Å²) in [5.41, 5.74) is 7.50. The van der Waals surface area contributed by atoms with Crippen LogP contribution in [0.2, 0.25) is 5.02 Å². The van der Waals surface area contributed by atoms with Gasteiger partial charge in [0, 0.05) is 11.3 Å². The molecule has 2 nitrogen and oxygen atoms in total. The summed E-state index contributed by atoms with van der Waals surface area (Å²) in [6.45, 7) is 0. The maximum Gasteiger partial charge on any atom is 0.125 e. The highest BCUT2D eigenvalue weighted by Crippen LogP contribution is 2.26. The molecule has 2 aromatic rings. The van der Waals surface area contributed by atoms with E-state index in [1.54, 1.807) is 30.3 Å². The predicted octanol–water partition coefficient (Wildman–Crippen LogP) is 3.86. The van der Waals surface area contributed by atoms with Gasteiger partial charge in [-0.3, -0.25) is 0 Å². The van der Waals surface area contributed by atoms with Gasteiger partial charge in [-0.1, -0.05) is 29.9 Å². The summed E-state index contributed by atoms with van der Waals surface area (Å²) in [5, 5.41) is 3.50. The van der Waals surface area contributed by atoms with Gasteiger partial charge in [0.15, 0.2) is 0 Å². The number of nitrogens with one attached hydrogen (secondary N) is 1. The molecule has 0 aliphatic heterocycles. The van der Waals surface area contributed by atoms with Crippen molar-refractivity contribution in [1.82, 2.24) is 0 Å². The number of benzene rings is 2. The minimum atomic E-state index is -0.309. The Kier molecular flexibility index (Phi) is 3.79. The average Bonchev–Trinajstić information content (AvgIpc) is 2.31. The Balaban J connectivity index is 2.27. The van der Waals surface area contributed by atoms with Crippen molar-refractivity contribution in [2.24, 2.45) is 5.73 Å². The van der Waals surface area contributed by atoms with Crippen LogP contribution in [0.3, 0.4) is 0 Å². The molecule has 0 heterocycles. The zero-order valence-corrected chi connectivity index (χ0v) is 10.9. The number of hydrogen-bond acceptors (Lipinski definition) is 2. The van der Waals surface area contributed by atoms with E-state index in [2.05, 4.69) is 5.32 Å². The molecule has 0 aliphatic carbocycles. The Bertz CT molecular complexity index is 601. The maximum absolute atomic E-state index is 13.0. The van der Waals surface area contributed by atoms with Gasteiger partial charge in [0.2, 0.25) is 0 Å². The summed E-state index contributed by atoms with van der Waals surface area (Å²) in [7, 11) is 0. The van der Waals surface area contributed by atoms with Gasteiger partial charge >= 0.3 is 0 Å². The van der Waals surface area contributed by atoms with Crippen molar-refractivity contribution >= 4 is 40.2 Å². The summed E-state index contributed by atoms with van der Waals surface area (Å²) in [6.07, 6.45) is 0. The van der Waals surface area contributed by atoms with Gasteiger partial charge in [-0.25, -0.2) is 4.39 Å². The second kappa shape index (κ2) is 5.33. The summed E-state index contributed by atoms with van der Waals surface area (Å²) in [5.74, 6) is -0.309. The van der Waals surface area contributed by atoms with Gasteiger partial charge in [0.25, 0.3) is 0 Å². The van der Waals surface area contributed by atoms with E-state index in [0.717, 1.165) is 0 Å². The largest absolute Gasteiger partial charge is 0.389 e. The fraction of sp³-hybridized carbons (Fsp3) is 0. The lowest BCUT2D eigenvalue weighted by molar-refractivity contribution is 0.628. The molecule has 0 unspecified atom stereocenters. The molecule has 0 saturated carbocycles. The molecule has 0 radical (unpaired) electrons. The monoisotopic (exact) mass is 280 g/mol. The minimum Gasteiger partial charge on any atom is -0.389 e. The lowest BCUT2D eigenvalue weighted by Crippen LogP contribution is -2.09. The van der Waals surface area contributed by atoms with Crippen molar-refractivity contribution < 1.29 is 4.39 Å². The minimum absolute atomic E-state index is 0.286. The molecule has 0 saturated heterocycles. The smallest absolute Gasteiger partial charge is 0.125 e. The molecule has 0 aromatic heterocycles. The van der Waals surface area contributed by atoms with E-state index in [-0.39, 0.29) is 10.8 Å². The fourth-order valence-electron chi connectivity index (χ4n) is 1.49. The second-order valence-corrected chi connectivity index (χ2v) is 4.54. The fourth-order valence-corrected chi connectivity index (χ4v) is 1.85. The van der Waals surface area contributed by atoms with E-state index in [0.29, 0.717) is 22.0 Å². The molecule has 92 valence electrons. The maximum atomic E-state index is 13.0. The summed E-state index contributed by atoms with van der Waals surface area (Å²) in [6, 6.07) is 11.3. The Labute approximate surface area is 115 Å². The van der Waals surface area contributed by atoms with Gasteiger partial charge in [-0.05, 0) is 36.4 Å². The lowest BCUT2D eigenvalue weighted by atomic mass is 10.2. The van der Waals surface area contributed by atoms with Crippen LogP contribution in [0, 0.1) is 5.82 Å². The number of anilines is 2. The number of nitrogens with two attached hydrogens (primary N) is 1. The van der Waals surface area contributed by atoms with E-state index in [1.807, 2.05) is 0 Å². The van der Waals surface area contributed by atoms with Crippen LogP contribution in [0.5, 0.6) is 0 Å². The molecule has 0 aliphatic rings. The van der Waals surface area contributed by atoms with Gasteiger partial charge in [-0.15, -0.1) is 0 Å². The average molecular weight is 281 g/mol. The summed E-state index contributed by atoms with van der Waals surface area (Å²) >= 11 is 11.0. The molecular formula is C13H10ClFN2S. The second-order valence-electron chi connectivity index (χ2n) is 3.69. The third kappa shape index (κ3) is 2.97. The molecule has 2 aromatic carbocycles. The van der Waals surface area contributed by atoms with Crippen molar-refractivity contribution in [2.75, 3.05) is 5.32 Å². The van der Waals surface area contributed by atoms with Crippen molar-refractivity contribution in [1.29, 1.82) is 0 Å². The predicted molar refractivity (Wildman–Crippen MR) is 77.0 cm³/mol. The number of halogens is 2. The first-order valence-corrected chi connectivity index (χ1v) is 5.97. The topological polar surface area (TPSA) is 38.0 Å². The molecule has 18 heavy (non-hydrogen) atoms. The third-order valence-electron chi connectivity index (χ3n) is 2.36. The zero-order valence-electron chi connectivity index (χ0n) is 9.28. The standard InChI is InChI=1S/C13H10ClFN2S/c14-11-6-8(13(16)18)4-5-12(11)17-10-3-1-2-9(15)7-10/h1-7,17H,(H2,16,18). The summed E-state index contributed by atoms with van der Waals surface area (Å²) in [4.78, 5) is 0.286. The highest BCUT2D eigenvalue weighted by molar-refractivity contribution is 7.80. The molecule has 0 spiro atoms. The van der Waals surface area contributed by atoms with Crippen molar-refractivity contribution in [2.45, 2.75) is 0 Å². The zero-order chi connectivity index (χ0) is 13.1. The third-order valence-corrected chi connectivity index (χ3v) is 2.91. The van der Waals surface area contributed by atoms with Gasteiger partial charge in [-0.2, -0.15) is 0 Å². The molecule has 0 bridgehead atoms. The van der Waals surface area contributed by atoms with E-state index >= 15 is 0 Å². The van der Waals surface area contributed by atoms with E-state index in [4.69, 9.17) is 29.6 Å². The van der Waals surface area contributed by atoms with Crippen LogP contribution in [0.4, 0.5) is 15.8 Å². The molecule has 5 heteroatoms. The van der Waals surface area contributed by atoms with Crippen LogP contribution in [0.15, 0.2) is 42.5 Å². The van der Waals surface area contributed by atoms with E-state index in [1.165, 1.54) is 12.1 Å². The van der Waals surface area contributed by atoms with Crippen LogP contribution in [-0.4, -0.2) is 4.99 Å². The lowest BCUT2D eigenvalue weighted by Gasteiger charge is -2.09. The van der Waals surface area contributed by atoms with Crippen molar-refractivity contribution in [3.8, 4) is 0 Å².